The quantitative estimate of drug-likeness (QED) is 0.405. The second-order valence-electron chi connectivity index (χ2n) is 10.3. The van der Waals surface area contributed by atoms with Gasteiger partial charge in [0.15, 0.2) is 0 Å². The Morgan fingerprint density at radius 1 is 0.731 bits per heavy atom. The van der Waals surface area contributed by atoms with E-state index in [1.165, 1.54) is 64.2 Å². The first-order valence-electron chi connectivity index (χ1n) is 12.8. The zero-order chi connectivity index (χ0) is 18.4. The molecule has 0 heterocycles. The molecule has 0 aliphatic heterocycles. The van der Waals surface area contributed by atoms with Gasteiger partial charge in [0.05, 0.1) is 0 Å². The highest BCUT2D eigenvalue weighted by atomic mass is 14.5. The van der Waals surface area contributed by atoms with Crippen molar-refractivity contribution in [2.45, 2.75) is 130 Å². The van der Waals surface area contributed by atoms with Crippen LogP contribution in [0.25, 0.3) is 0 Å². The molecule has 0 aromatic heterocycles. The minimum Gasteiger partial charge on any atom is -0.0654 e. The number of unbranched alkanes of at least 4 members (excludes halogenated alkanes) is 1. The van der Waals surface area contributed by atoms with E-state index in [9.17, 15) is 0 Å². The van der Waals surface area contributed by atoms with Gasteiger partial charge in [0.2, 0.25) is 0 Å². The maximum atomic E-state index is 2.58. The molecule has 0 bridgehead atoms. The van der Waals surface area contributed by atoms with Gasteiger partial charge in [-0.05, 0) is 67.1 Å². The highest BCUT2D eigenvalue weighted by Gasteiger charge is 2.50. The standard InChI is InChI=1S/C26H48/c1-4-7-19-24(22-15-9-8-10-16-22)26(5-2,6-3)25-20-13-17-21-14-11-12-18-23(21)25/h21-25H,4-20H2,1-3H3. The van der Waals surface area contributed by atoms with Gasteiger partial charge in [-0.25, -0.2) is 0 Å². The van der Waals surface area contributed by atoms with Gasteiger partial charge in [-0.3, -0.25) is 0 Å². The van der Waals surface area contributed by atoms with Gasteiger partial charge in [0.25, 0.3) is 0 Å². The van der Waals surface area contributed by atoms with Crippen molar-refractivity contribution in [2.75, 3.05) is 0 Å². The Morgan fingerprint density at radius 3 is 2.08 bits per heavy atom. The third-order valence-electron chi connectivity index (χ3n) is 9.46. The smallest absolute Gasteiger partial charge is 0.0241 e. The summed E-state index contributed by atoms with van der Waals surface area (Å²) in [5, 5.41) is 0. The van der Waals surface area contributed by atoms with Crippen LogP contribution in [0, 0.1) is 35.0 Å². The van der Waals surface area contributed by atoms with E-state index >= 15 is 0 Å². The Balaban J connectivity index is 1.88. The van der Waals surface area contributed by atoms with Crippen LogP contribution in [0.5, 0.6) is 0 Å². The van der Waals surface area contributed by atoms with Crippen molar-refractivity contribution in [3.63, 3.8) is 0 Å². The van der Waals surface area contributed by atoms with Crippen LogP contribution < -0.4 is 0 Å². The van der Waals surface area contributed by atoms with E-state index < -0.39 is 0 Å². The second kappa shape index (κ2) is 9.97. The fourth-order valence-corrected chi connectivity index (χ4v) is 8.18. The van der Waals surface area contributed by atoms with Crippen molar-refractivity contribution in [2.24, 2.45) is 35.0 Å². The van der Waals surface area contributed by atoms with E-state index in [-0.39, 0.29) is 0 Å². The van der Waals surface area contributed by atoms with Gasteiger partial charge in [-0.15, -0.1) is 0 Å². The van der Waals surface area contributed by atoms with E-state index in [0.717, 1.165) is 29.6 Å². The van der Waals surface area contributed by atoms with Crippen LogP contribution in [-0.2, 0) is 0 Å². The number of hydrogen-bond donors (Lipinski definition) is 0. The molecule has 3 rings (SSSR count). The maximum Gasteiger partial charge on any atom is -0.0241 e. The van der Waals surface area contributed by atoms with Crippen molar-refractivity contribution in [1.29, 1.82) is 0 Å². The highest BCUT2D eigenvalue weighted by molar-refractivity contribution is 4.99. The van der Waals surface area contributed by atoms with Gasteiger partial charge in [0.1, 0.15) is 0 Å². The van der Waals surface area contributed by atoms with Crippen LogP contribution >= 0.6 is 0 Å². The van der Waals surface area contributed by atoms with E-state index in [1.54, 1.807) is 44.9 Å². The predicted octanol–water partition coefficient (Wildman–Crippen LogP) is 8.79. The van der Waals surface area contributed by atoms with Crippen molar-refractivity contribution in [3.8, 4) is 0 Å². The molecule has 3 saturated carbocycles. The molecule has 0 spiro atoms. The Morgan fingerprint density at radius 2 is 1.38 bits per heavy atom. The zero-order valence-electron chi connectivity index (χ0n) is 18.4. The molecule has 4 atom stereocenters. The summed E-state index contributed by atoms with van der Waals surface area (Å²) in [6.45, 7) is 7.57. The first kappa shape index (κ1) is 20.7. The van der Waals surface area contributed by atoms with E-state index in [0.29, 0.717) is 5.41 Å². The SMILES string of the molecule is CCCCC(C1CCCCC1)C(CC)(CC)C1CCCC2CCCCC21. The first-order valence-corrected chi connectivity index (χ1v) is 12.8. The molecule has 0 N–H and O–H groups in total. The molecule has 4 unspecified atom stereocenters. The molecule has 0 aromatic carbocycles. The summed E-state index contributed by atoms with van der Waals surface area (Å²) in [7, 11) is 0. The van der Waals surface area contributed by atoms with E-state index in [1.807, 2.05) is 0 Å². The van der Waals surface area contributed by atoms with Gasteiger partial charge in [-0.2, -0.15) is 0 Å². The lowest BCUT2D eigenvalue weighted by Gasteiger charge is -2.56. The zero-order valence-corrected chi connectivity index (χ0v) is 18.4. The number of hydrogen-bond acceptors (Lipinski definition) is 0. The van der Waals surface area contributed by atoms with Gasteiger partial charge >= 0.3 is 0 Å². The topological polar surface area (TPSA) is 0 Å². The lowest BCUT2D eigenvalue weighted by Crippen LogP contribution is -2.48. The summed E-state index contributed by atoms with van der Waals surface area (Å²) in [5.74, 6) is 5.33. The lowest BCUT2D eigenvalue weighted by atomic mass is 9.49. The van der Waals surface area contributed by atoms with E-state index in [2.05, 4.69) is 20.8 Å². The van der Waals surface area contributed by atoms with Crippen LogP contribution in [0.3, 0.4) is 0 Å². The molecule has 3 aliphatic carbocycles. The summed E-state index contributed by atoms with van der Waals surface area (Å²) in [6.07, 6.45) is 25.9. The highest BCUT2D eigenvalue weighted by Crippen LogP contribution is 2.59. The fraction of sp³-hybridized carbons (Fsp3) is 1.00. The van der Waals surface area contributed by atoms with Crippen LogP contribution in [0.15, 0.2) is 0 Å². The van der Waals surface area contributed by atoms with Crippen molar-refractivity contribution in [3.05, 3.63) is 0 Å². The average molecular weight is 361 g/mol. The summed E-state index contributed by atoms with van der Waals surface area (Å²) >= 11 is 0. The number of rotatable bonds is 8. The van der Waals surface area contributed by atoms with E-state index in [4.69, 9.17) is 0 Å². The van der Waals surface area contributed by atoms with Crippen LogP contribution in [0.2, 0.25) is 0 Å². The normalized spacial score (nSPS) is 32.2. The monoisotopic (exact) mass is 360 g/mol. The molecule has 0 nitrogen and oxygen atoms in total. The minimum atomic E-state index is 0.665. The summed E-state index contributed by atoms with van der Waals surface area (Å²) in [4.78, 5) is 0. The molecule has 3 fully saturated rings. The average Bonchev–Trinajstić information content (AvgIpc) is 2.72. The predicted molar refractivity (Wildman–Crippen MR) is 115 cm³/mol. The Hall–Kier alpha value is 0. The summed E-state index contributed by atoms with van der Waals surface area (Å²) < 4.78 is 0. The maximum absolute atomic E-state index is 2.58. The lowest BCUT2D eigenvalue weighted by molar-refractivity contribution is -0.0658. The number of fused-ring (bicyclic) bond motifs is 1. The third-order valence-corrected chi connectivity index (χ3v) is 9.46. The molecule has 3 aliphatic rings. The summed E-state index contributed by atoms with van der Waals surface area (Å²) in [6, 6.07) is 0. The largest absolute Gasteiger partial charge is 0.0654 e. The second-order valence-corrected chi connectivity index (χ2v) is 10.3. The molecule has 0 amide bonds. The molecule has 0 radical (unpaired) electrons. The van der Waals surface area contributed by atoms with Crippen LogP contribution in [-0.4, -0.2) is 0 Å². The summed E-state index contributed by atoms with van der Waals surface area (Å²) in [5.41, 5.74) is 0.665. The van der Waals surface area contributed by atoms with Crippen LogP contribution in [0.1, 0.15) is 130 Å². The van der Waals surface area contributed by atoms with Gasteiger partial charge < -0.3 is 0 Å². The van der Waals surface area contributed by atoms with Crippen LogP contribution in [0.4, 0.5) is 0 Å². The molecular weight excluding hydrogens is 312 g/mol. The third kappa shape index (κ3) is 4.20. The Bertz CT molecular complexity index is 385. The Kier molecular flexibility index (Phi) is 7.95. The molecule has 0 saturated heterocycles. The Labute approximate surface area is 165 Å². The van der Waals surface area contributed by atoms with Crippen molar-refractivity contribution >= 4 is 0 Å². The molecule has 152 valence electrons. The van der Waals surface area contributed by atoms with Gasteiger partial charge in [-0.1, -0.05) is 97.8 Å². The van der Waals surface area contributed by atoms with Crippen molar-refractivity contribution in [1.82, 2.24) is 0 Å². The first-order chi connectivity index (χ1) is 12.8. The fourth-order valence-electron chi connectivity index (χ4n) is 8.18. The van der Waals surface area contributed by atoms with Gasteiger partial charge in [0, 0.05) is 0 Å². The minimum absolute atomic E-state index is 0.665. The molecule has 0 aromatic rings. The van der Waals surface area contributed by atoms with Crippen molar-refractivity contribution < 1.29 is 0 Å². The molecule has 0 heteroatoms. The molecule has 26 heavy (non-hydrogen) atoms. The molecular formula is C26H48.